The van der Waals surface area contributed by atoms with E-state index in [1.165, 1.54) is 24.3 Å². The van der Waals surface area contributed by atoms with Crippen molar-refractivity contribution in [3.05, 3.63) is 80.4 Å². The summed E-state index contributed by atoms with van der Waals surface area (Å²) in [6, 6.07) is 11.1. The molecule has 0 N–H and O–H groups in total. The number of esters is 1. The molecule has 0 unspecified atom stereocenters. The molecule has 1 aliphatic rings. The molecule has 1 aliphatic heterocycles. The summed E-state index contributed by atoms with van der Waals surface area (Å²) < 4.78 is 10.3. The van der Waals surface area contributed by atoms with Crippen molar-refractivity contribution >= 4 is 35.1 Å². The normalized spacial score (nSPS) is 15.0. The lowest BCUT2D eigenvalue weighted by molar-refractivity contribution is -0.384. The van der Waals surface area contributed by atoms with Gasteiger partial charge in [-0.2, -0.15) is 0 Å². The average Bonchev–Trinajstić information content (AvgIpc) is 2.97. The molecule has 0 aliphatic carbocycles. The van der Waals surface area contributed by atoms with Gasteiger partial charge in [0.2, 0.25) is 0 Å². The molecule has 126 valence electrons. The van der Waals surface area contributed by atoms with E-state index in [-0.39, 0.29) is 11.3 Å². The zero-order valence-corrected chi connectivity index (χ0v) is 13.8. The van der Waals surface area contributed by atoms with Crippen molar-refractivity contribution in [1.29, 1.82) is 0 Å². The van der Waals surface area contributed by atoms with E-state index in [1.807, 2.05) is 0 Å². The van der Waals surface area contributed by atoms with Gasteiger partial charge in [0.15, 0.2) is 0 Å². The van der Waals surface area contributed by atoms with Gasteiger partial charge in [0.25, 0.3) is 5.69 Å². The van der Waals surface area contributed by atoms with Crippen molar-refractivity contribution in [2.45, 2.75) is 0 Å². The molecular formula is C18H12ClNO5. The van der Waals surface area contributed by atoms with Gasteiger partial charge < -0.3 is 9.47 Å². The van der Waals surface area contributed by atoms with Crippen LogP contribution in [-0.2, 0) is 9.53 Å². The second kappa shape index (κ2) is 6.78. The summed E-state index contributed by atoms with van der Waals surface area (Å²) in [7, 11) is 1.56. The van der Waals surface area contributed by atoms with Crippen LogP contribution in [0.4, 0.5) is 5.69 Å². The quantitative estimate of drug-likeness (QED) is 0.354. The van der Waals surface area contributed by atoms with E-state index in [2.05, 4.69) is 0 Å². The summed E-state index contributed by atoms with van der Waals surface area (Å²) in [4.78, 5) is 22.4. The van der Waals surface area contributed by atoms with Gasteiger partial charge in [-0.15, -0.1) is 0 Å². The highest BCUT2D eigenvalue weighted by Gasteiger charge is 2.22. The van der Waals surface area contributed by atoms with Gasteiger partial charge in [0, 0.05) is 28.3 Å². The molecule has 0 amide bonds. The van der Waals surface area contributed by atoms with Crippen LogP contribution in [0.15, 0.2) is 54.1 Å². The number of carbonyl (C=O) groups excluding carboxylic acids is 1. The largest absolute Gasteiger partial charge is 0.497 e. The molecule has 3 rings (SSSR count). The molecule has 0 atom stereocenters. The first-order valence-electron chi connectivity index (χ1n) is 7.22. The number of benzene rings is 2. The zero-order chi connectivity index (χ0) is 18.0. The Morgan fingerprint density at radius 3 is 2.56 bits per heavy atom. The van der Waals surface area contributed by atoms with Crippen LogP contribution in [0.5, 0.6) is 5.75 Å². The highest BCUT2D eigenvalue weighted by Crippen LogP contribution is 2.30. The second-order valence-corrected chi connectivity index (χ2v) is 5.60. The summed E-state index contributed by atoms with van der Waals surface area (Å²) in [5.41, 5.74) is 1.23. The Balaban J connectivity index is 1.95. The molecule has 6 nitrogen and oxygen atoms in total. The third kappa shape index (κ3) is 3.54. The lowest BCUT2D eigenvalue weighted by atomic mass is 10.1. The van der Waals surface area contributed by atoms with Gasteiger partial charge in [-0.3, -0.25) is 10.1 Å². The van der Waals surface area contributed by atoms with E-state index in [9.17, 15) is 14.9 Å². The van der Waals surface area contributed by atoms with E-state index in [1.54, 1.807) is 37.5 Å². The molecule has 25 heavy (non-hydrogen) atoms. The number of hydrogen-bond donors (Lipinski definition) is 0. The van der Waals surface area contributed by atoms with E-state index >= 15 is 0 Å². The van der Waals surface area contributed by atoms with Crippen molar-refractivity contribution in [2.24, 2.45) is 0 Å². The van der Waals surface area contributed by atoms with Crippen molar-refractivity contribution in [1.82, 2.24) is 0 Å². The van der Waals surface area contributed by atoms with Crippen LogP contribution in [0.25, 0.3) is 11.8 Å². The van der Waals surface area contributed by atoms with Crippen molar-refractivity contribution < 1.29 is 19.2 Å². The van der Waals surface area contributed by atoms with Crippen LogP contribution in [0.1, 0.15) is 11.1 Å². The Labute approximate surface area is 148 Å². The fourth-order valence-electron chi connectivity index (χ4n) is 2.31. The fraction of sp³-hybridized carbons (Fsp3) is 0.0556. The number of nitrogens with zero attached hydrogens (tertiary/aromatic N) is 1. The standard InChI is InChI=1S/C18H12ClNO5/c1-24-15-5-2-11(3-6-15)17-10-13(18(21)25-17)8-12-9-14(20(22)23)4-7-16(12)19/h2-10H,1H3/b13-8+. The van der Waals surface area contributed by atoms with E-state index in [0.29, 0.717) is 27.7 Å². The SMILES string of the molecule is COc1ccc(C2=C/C(=C\c3cc([N+](=O)[O-])ccc3Cl)C(=O)O2)cc1. The van der Waals surface area contributed by atoms with Crippen molar-refractivity contribution in [2.75, 3.05) is 7.11 Å². The minimum atomic E-state index is -0.548. The molecule has 0 radical (unpaired) electrons. The van der Waals surface area contributed by atoms with Crippen LogP contribution in [-0.4, -0.2) is 18.0 Å². The Bertz CT molecular complexity index is 916. The molecule has 0 fully saturated rings. The third-order valence-electron chi connectivity index (χ3n) is 3.60. The Kier molecular flexibility index (Phi) is 4.54. The lowest BCUT2D eigenvalue weighted by Crippen LogP contribution is -1.97. The van der Waals surface area contributed by atoms with Gasteiger partial charge in [-0.25, -0.2) is 4.79 Å². The maximum atomic E-state index is 12.1. The highest BCUT2D eigenvalue weighted by atomic mass is 35.5. The van der Waals surface area contributed by atoms with Gasteiger partial charge in [-0.1, -0.05) is 11.6 Å². The smallest absolute Gasteiger partial charge is 0.343 e. The number of carbonyl (C=O) groups is 1. The van der Waals surface area contributed by atoms with E-state index in [4.69, 9.17) is 21.1 Å². The first kappa shape index (κ1) is 16.7. The van der Waals surface area contributed by atoms with Crippen LogP contribution < -0.4 is 4.74 Å². The molecule has 7 heteroatoms. The van der Waals surface area contributed by atoms with Crippen LogP contribution in [0, 0.1) is 10.1 Å². The number of methoxy groups -OCH3 is 1. The number of ether oxygens (including phenoxy) is 2. The van der Waals surface area contributed by atoms with Crippen LogP contribution >= 0.6 is 11.6 Å². The molecule has 0 aromatic heterocycles. The molecule has 0 saturated heterocycles. The maximum absolute atomic E-state index is 12.1. The molecule has 0 bridgehead atoms. The lowest BCUT2D eigenvalue weighted by Gasteiger charge is -2.03. The van der Waals surface area contributed by atoms with E-state index in [0.717, 1.165) is 0 Å². The maximum Gasteiger partial charge on any atom is 0.343 e. The van der Waals surface area contributed by atoms with Gasteiger partial charge in [-0.05, 0) is 42.5 Å². The minimum Gasteiger partial charge on any atom is -0.497 e. The molecule has 0 spiro atoms. The average molecular weight is 358 g/mol. The number of nitro groups is 1. The fourth-order valence-corrected chi connectivity index (χ4v) is 2.48. The number of hydrogen-bond acceptors (Lipinski definition) is 5. The number of cyclic esters (lactones) is 1. The van der Waals surface area contributed by atoms with Crippen molar-refractivity contribution in [3.63, 3.8) is 0 Å². The molecular weight excluding hydrogens is 346 g/mol. The summed E-state index contributed by atoms with van der Waals surface area (Å²) >= 11 is 6.06. The highest BCUT2D eigenvalue weighted by molar-refractivity contribution is 6.32. The van der Waals surface area contributed by atoms with Gasteiger partial charge in [0.05, 0.1) is 17.6 Å². The topological polar surface area (TPSA) is 78.7 Å². The molecule has 1 heterocycles. The predicted octanol–water partition coefficient (Wildman–Crippen LogP) is 4.24. The summed E-state index contributed by atoms with van der Waals surface area (Å²) in [6.07, 6.45) is 3.04. The number of rotatable bonds is 4. The number of non-ortho nitro benzene ring substituents is 1. The van der Waals surface area contributed by atoms with E-state index < -0.39 is 10.9 Å². The molecule has 2 aromatic carbocycles. The number of halogens is 1. The van der Waals surface area contributed by atoms with Gasteiger partial charge >= 0.3 is 5.97 Å². The summed E-state index contributed by atoms with van der Waals surface area (Å²) in [6.45, 7) is 0. The monoisotopic (exact) mass is 357 g/mol. The molecule has 2 aromatic rings. The summed E-state index contributed by atoms with van der Waals surface area (Å²) in [5, 5.41) is 11.2. The molecule has 0 saturated carbocycles. The zero-order valence-electron chi connectivity index (χ0n) is 13.1. The Morgan fingerprint density at radius 1 is 1.20 bits per heavy atom. The van der Waals surface area contributed by atoms with Crippen LogP contribution in [0.2, 0.25) is 5.02 Å². The Hall–Kier alpha value is -3.12. The minimum absolute atomic E-state index is 0.109. The predicted molar refractivity (Wildman–Crippen MR) is 93.1 cm³/mol. The Morgan fingerprint density at radius 2 is 1.92 bits per heavy atom. The van der Waals surface area contributed by atoms with Crippen LogP contribution in [0.3, 0.4) is 0 Å². The number of nitro benzene ring substituents is 1. The van der Waals surface area contributed by atoms with Gasteiger partial charge in [0.1, 0.15) is 11.5 Å². The summed E-state index contributed by atoms with van der Waals surface area (Å²) in [5.74, 6) is 0.529. The first-order valence-corrected chi connectivity index (χ1v) is 7.59. The van der Waals surface area contributed by atoms with Crippen molar-refractivity contribution in [3.8, 4) is 5.75 Å². The first-order chi connectivity index (χ1) is 12.0. The third-order valence-corrected chi connectivity index (χ3v) is 3.95. The second-order valence-electron chi connectivity index (χ2n) is 5.19.